The molecule has 7 atom stereocenters. The van der Waals surface area contributed by atoms with Crippen LogP contribution in [-0.2, 0) is 0 Å². The maximum atomic E-state index is 14.7. The molecule has 7 unspecified atom stereocenters. The van der Waals surface area contributed by atoms with Crippen molar-refractivity contribution in [1.82, 2.24) is 9.80 Å². The summed E-state index contributed by atoms with van der Waals surface area (Å²) in [5, 5.41) is 6.69. The van der Waals surface area contributed by atoms with Crippen molar-refractivity contribution in [3.8, 4) is 0 Å². The van der Waals surface area contributed by atoms with Crippen molar-refractivity contribution >= 4 is 66.7 Å². The molecule has 0 saturated carbocycles. The Hall–Kier alpha value is -5.88. The molecule has 0 aliphatic carbocycles. The van der Waals surface area contributed by atoms with E-state index in [0.717, 1.165) is 58.0 Å². The molecule has 4 amide bonds. The van der Waals surface area contributed by atoms with Gasteiger partial charge in [-0.3, -0.25) is 29.0 Å². The average molecular weight is 921 g/mol. The third-order valence-electron chi connectivity index (χ3n) is 18.6. The van der Waals surface area contributed by atoms with Crippen LogP contribution in [0.2, 0.25) is 0 Å². The molecule has 0 N–H and O–H groups in total. The molecule has 2 aliphatic rings. The Labute approximate surface area is 410 Å². The van der Waals surface area contributed by atoms with Gasteiger partial charge in [0, 0.05) is 46.1 Å². The highest BCUT2D eigenvalue weighted by molar-refractivity contribution is 6.41. The number of carbonyl (C=O) groups is 4. The van der Waals surface area contributed by atoms with E-state index in [1.165, 1.54) is 20.9 Å². The van der Waals surface area contributed by atoms with Gasteiger partial charge in [-0.1, -0.05) is 174 Å². The van der Waals surface area contributed by atoms with E-state index in [4.69, 9.17) is 0 Å². The molecule has 0 spiro atoms. The largest absolute Gasteiger partial charge is 0.274 e. The SMILES string of the molecule is CCC(C)C(C)(CC)C(c1ccccc1)C(C)CCN1C(=O)c2ccc3c4ccc5c6c(ccc(c7ccc(c2c37)C1=O)c64)C(=O)N(CCC(C)(C)C(c1ccccc1)C(C)(CC)C(C)CC)C5=O. The lowest BCUT2D eigenvalue weighted by Crippen LogP contribution is -2.45. The van der Waals surface area contributed by atoms with E-state index in [9.17, 15) is 19.2 Å². The molecule has 0 radical (unpaired) electrons. The van der Waals surface area contributed by atoms with Crippen molar-refractivity contribution in [3.63, 3.8) is 0 Å². The molecule has 358 valence electrons. The Balaban J connectivity index is 1.04. The summed E-state index contributed by atoms with van der Waals surface area (Å²) in [4.78, 5) is 61.7. The summed E-state index contributed by atoms with van der Waals surface area (Å²) in [6.07, 6.45) is 5.55. The van der Waals surface area contributed by atoms with Gasteiger partial charge in [-0.2, -0.15) is 0 Å². The lowest BCUT2D eigenvalue weighted by molar-refractivity contribution is 0.0431. The summed E-state index contributed by atoms with van der Waals surface area (Å²) < 4.78 is 0. The number of rotatable bonds is 18. The molecule has 0 aromatic heterocycles. The van der Waals surface area contributed by atoms with Crippen molar-refractivity contribution in [3.05, 3.63) is 143 Å². The molecule has 6 nitrogen and oxygen atoms in total. The molecular weight excluding hydrogens is 849 g/mol. The lowest BCUT2D eigenvalue weighted by Gasteiger charge is -2.50. The zero-order valence-corrected chi connectivity index (χ0v) is 43.0. The maximum absolute atomic E-state index is 14.7. The summed E-state index contributed by atoms with van der Waals surface area (Å²) in [7, 11) is 0. The quantitative estimate of drug-likeness (QED) is 0.0488. The molecule has 9 rings (SSSR count). The standard InChI is InChI=1S/C63H72N2O4/c1-12-39(6)62(10,14-3)55(41-22-18-16-19-23-41)38(5)34-36-64-57(66)47-30-26-43-45-28-32-49-54-50(33-29-46(52(45)54)44-27-31-48(58(64)67)53(47)51(43)44)60(69)65(59(49)68)37-35-61(8,9)56(42-24-20-17-21-25-42)63(11,15-4)40(7)13-2/h16-33,38-40,55-56H,12-15,34-37H2,1-11H3. The predicted octanol–water partition coefficient (Wildman–Crippen LogP) is 15.9. The van der Waals surface area contributed by atoms with Crippen LogP contribution >= 0.6 is 0 Å². The summed E-state index contributed by atoms with van der Waals surface area (Å²) >= 11 is 0. The summed E-state index contributed by atoms with van der Waals surface area (Å²) in [6, 6.07) is 37.1. The van der Waals surface area contributed by atoms with Gasteiger partial charge in [0.1, 0.15) is 0 Å². The van der Waals surface area contributed by atoms with Crippen LogP contribution < -0.4 is 0 Å². The van der Waals surface area contributed by atoms with Gasteiger partial charge < -0.3 is 0 Å². The predicted molar refractivity (Wildman–Crippen MR) is 285 cm³/mol. The second-order valence-corrected chi connectivity index (χ2v) is 22.2. The maximum Gasteiger partial charge on any atom is 0.261 e. The van der Waals surface area contributed by atoms with Gasteiger partial charge in [0.25, 0.3) is 23.6 Å². The number of amides is 4. The highest BCUT2D eigenvalue weighted by atomic mass is 16.2. The van der Waals surface area contributed by atoms with Crippen molar-refractivity contribution in [2.24, 2.45) is 34.0 Å². The van der Waals surface area contributed by atoms with E-state index in [2.05, 4.69) is 137 Å². The number of carbonyl (C=O) groups excluding carboxylic acids is 4. The van der Waals surface area contributed by atoms with Crippen LogP contribution in [0.15, 0.2) is 109 Å². The van der Waals surface area contributed by atoms with Crippen molar-refractivity contribution in [2.45, 2.75) is 127 Å². The molecular formula is C63H72N2O4. The van der Waals surface area contributed by atoms with Crippen molar-refractivity contribution < 1.29 is 19.2 Å². The molecule has 0 fully saturated rings. The van der Waals surface area contributed by atoms with Crippen LogP contribution in [0.1, 0.15) is 179 Å². The minimum Gasteiger partial charge on any atom is -0.274 e. The van der Waals surface area contributed by atoms with Gasteiger partial charge in [0.05, 0.1) is 0 Å². The monoisotopic (exact) mass is 921 g/mol. The fourth-order valence-corrected chi connectivity index (χ4v) is 13.9. The molecule has 6 heteroatoms. The first kappa shape index (κ1) is 48.2. The van der Waals surface area contributed by atoms with Crippen molar-refractivity contribution in [1.29, 1.82) is 0 Å². The molecule has 7 aromatic rings. The van der Waals surface area contributed by atoms with Gasteiger partial charge in [0.15, 0.2) is 0 Å². The highest BCUT2D eigenvalue weighted by Crippen LogP contribution is 2.56. The fourth-order valence-electron chi connectivity index (χ4n) is 13.9. The second kappa shape index (κ2) is 18.1. The van der Waals surface area contributed by atoms with Gasteiger partial charge in [0.2, 0.25) is 0 Å². The summed E-state index contributed by atoms with van der Waals surface area (Å²) in [5.74, 6) is 0.587. The zero-order valence-electron chi connectivity index (χ0n) is 43.0. The van der Waals surface area contributed by atoms with Gasteiger partial charge in [-0.15, -0.1) is 0 Å². The van der Waals surface area contributed by atoms with E-state index in [1.54, 1.807) is 0 Å². The molecule has 7 aromatic carbocycles. The topological polar surface area (TPSA) is 74.8 Å². The molecule has 0 bridgehead atoms. The first-order chi connectivity index (χ1) is 33.0. The minimum absolute atomic E-state index is 0.00289. The molecule has 2 heterocycles. The van der Waals surface area contributed by atoms with E-state index in [1.807, 2.05) is 48.5 Å². The van der Waals surface area contributed by atoms with E-state index in [-0.39, 0.29) is 57.6 Å². The smallest absolute Gasteiger partial charge is 0.261 e. The van der Waals surface area contributed by atoms with Crippen LogP contribution in [0.25, 0.3) is 43.1 Å². The van der Waals surface area contributed by atoms with Gasteiger partial charge in [-0.25, -0.2) is 0 Å². The number of benzene rings is 7. The lowest BCUT2D eigenvalue weighted by atomic mass is 9.55. The Morgan fingerprint density at radius 1 is 0.449 bits per heavy atom. The molecule has 2 aliphatic heterocycles. The number of hydrogen-bond donors (Lipinski definition) is 0. The summed E-state index contributed by atoms with van der Waals surface area (Å²) in [6.45, 7) is 26.2. The van der Waals surface area contributed by atoms with E-state index >= 15 is 0 Å². The third kappa shape index (κ3) is 7.49. The van der Waals surface area contributed by atoms with Crippen LogP contribution in [0.4, 0.5) is 0 Å². The van der Waals surface area contributed by atoms with E-state index in [0.29, 0.717) is 70.8 Å². The average Bonchev–Trinajstić information content (AvgIpc) is 3.36. The Kier molecular flexibility index (Phi) is 12.7. The Morgan fingerprint density at radius 3 is 1.22 bits per heavy atom. The zero-order chi connectivity index (χ0) is 49.3. The summed E-state index contributed by atoms with van der Waals surface area (Å²) in [5.41, 5.74) is 4.54. The first-order valence-corrected chi connectivity index (χ1v) is 26.0. The van der Waals surface area contributed by atoms with Crippen LogP contribution in [0.5, 0.6) is 0 Å². The first-order valence-electron chi connectivity index (χ1n) is 26.0. The van der Waals surface area contributed by atoms with Crippen LogP contribution in [0.3, 0.4) is 0 Å². The van der Waals surface area contributed by atoms with Gasteiger partial charge >= 0.3 is 0 Å². The molecule has 0 saturated heterocycles. The van der Waals surface area contributed by atoms with Crippen LogP contribution in [0, 0.1) is 34.0 Å². The fraction of sp³-hybridized carbons (Fsp3) is 0.429. The van der Waals surface area contributed by atoms with Gasteiger partial charge in [-0.05, 0) is 139 Å². The Bertz CT molecular complexity index is 3000. The number of hydrogen-bond acceptors (Lipinski definition) is 4. The molecule has 69 heavy (non-hydrogen) atoms. The number of nitrogens with zero attached hydrogens (tertiary/aromatic N) is 2. The Morgan fingerprint density at radius 2 is 0.826 bits per heavy atom. The highest BCUT2D eigenvalue weighted by Gasteiger charge is 2.47. The number of fused-ring (bicyclic) bond motifs is 2. The minimum atomic E-state index is -0.264. The van der Waals surface area contributed by atoms with E-state index < -0.39 is 0 Å². The number of imide groups is 2. The normalized spacial score (nSPS) is 18.2. The third-order valence-corrected chi connectivity index (χ3v) is 18.6. The van der Waals surface area contributed by atoms with Crippen LogP contribution in [-0.4, -0.2) is 46.5 Å². The van der Waals surface area contributed by atoms with Crippen molar-refractivity contribution in [2.75, 3.05) is 13.1 Å². The second-order valence-electron chi connectivity index (χ2n) is 22.2.